The van der Waals surface area contributed by atoms with Crippen LogP contribution in [0.15, 0.2) is 30.5 Å². The second-order valence-electron chi connectivity index (χ2n) is 6.28. The van der Waals surface area contributed by atoms with Crippen LogP contribution in [0.2, 0.25) is 0 Å². The molecule has 1 atom stereocenters. The van der Waals surface area contributed by atoms with Crippen molar-refractivity contribution >= 4 is 5.91 Å². The van der Waals surface area contributed by atoms with E-state index in [2.05, 4.69) is 24.2 Å². The van der Waals surface area contributed by atoms with E-state index in [1.165, 1.54) is 0 Å². The van der Waals surface area contributed by atoms with Crippen LogP contribution in [0.1, 0.15) is 32.4 Å². The van der Waals surface area contributed by atoms with Gasteiger partial charge in [-0.2, -0.15) is 5.10 Å². The van der Waals surface area contributed by atoms with E-state index in [1.54, 1.807) is 6.92 Å². The van der Waals surface area contributed by atoms with Crippen LogP contribution >= 0.6 is 0 Å². The number of rotatable bonds is 5. The standard InChI is InChI=1S/C18H24N4O/c1-3-10-22-18(7-9-19-22)17-6-4-5-16(20-17)12-15-8-11-21(13-15)14(2)23/h4-7,9,15H,3,8,10-13H2,1-2H3/t15-/m1/s1. The Labute approximate surface area is 137 Å². The Morgan fingerprint density at radius 3 is 2.96 bits per heavy atom. The summed E-state index contributed by atoms with van der Waals surface area (Å²) in [6.45, 7) is 6.44. The number of hydrogen-bond acceptors (Lipinski definition) is 3. The van der Waals surface area contributed by atoms with Gasteiger partial charge in [-0.3, -0.25) is 14.5 Å². The molecule has 2 aromatic rings. The summed E-state index contributed by atoms with van der Waals surface area (Å²) in [6, 6.07) is 8.22. The number of carbonyl (C=O) groups is 1. The van der Waals surface area contributed by atoms with Gasteiger partial charge in [0.1, 0.15) is 0 Å². The van der Waals surface area contributed by atoms with E-state index in [1.807, 2.05) is 27.9 Å². The Bertz CT molecular complexity index is 679. The summed E-state index contributed by atoms with van der Waals surface area (Å²) in [4.78, 5) is 18.2. The molecule has 1 aliphatic heterocycles. The van der Waals surface area contributed by atoms with Crippen LogP contribution in [-0.4, -0.2) is 38.7 Å². The highest BCUT2D eigenvalue weighted by atomic mass is 16.2. The van der Waals surface area contributed by atoms with Crippen LogP contribution < -0.4 is 0 Å². The fraction of sp³-hybridized carbons (Fsp3) is 0.500. The second-order valence-corrected chi connectivity index (χ2v) is 6.28. The number of hydrogen-bond donors (Lipinski definition) is 0. The van der Waals surface area contributed by atoms with Gasteiger partial charge in [0.2, 0.25) is 5.91 Å². The van der Waals surface area contributed by atoms with Gasteiger partial charge in [0.05, 0.1) is 11.4 Å². The first-order chi connectivity index (χ1) is 11.2. The molecule has 0 unspecified atom stereocenters. The molecule has 0 aromatic carbocycles. The zero-order valence-corrected chi connectivity index (χ0v) is 13.9. The quantitative estimate of drug-likeness (QED) is 0.853. The molecule has 0 saturated carbocycles. The summed E-state index contributed by atoms with van der Waals surface area (Å²) in [5.41, 5.74) is 3.16. The Morgan fingerprint density at radius 2 is 2.22 bits per heavy atom. The Balaban J connectivity index is 1.73. The number of pyridine rings is 1. The van der Waals surface area contributed by atoms with Gasteiger partial charge in [0.15, 0.2) is 0 Å². The molecule has 5 nitrogen and oxygen atoms in total. The number of amides is 1. The van der Waals surface area contributed by atoms with Crippen molar-refractivity contribution in [1.82, 2.24) is 19.7 Å². The molecule has 0 bridgehead atoms. The molecule has 1 amide bonds. The molecule has 122 valence electrons. The number of likely N-dealkylation sites (tertiary alicyclic amines) is 1. The molecule has 1 aliphatic rings. The lowest BCUT2D eigenvalue weighted by molar-refractivity contribution is -0.127. The van der Waals surface area contributed by atoms with Crippen LogP contribution in [0.4, 0.5) is 0 Å². The summed E-state index contributed by atoms with van der Waals surface area (Å²) in [5.74, 6) is 0.694. The average Bonchev–Trinajstić information content (AvgIpc) is 3.17. The van der Waals surface area contributed by atoms with E-state index in [4.69, 9.17) is 4.98 Å². The van der Waals surface area contributed by atoms with Crippen molar-refractivity contribution in [2.45, 2.75) is 39.7 Å². The van der Waals surface area contributed by atoms with E-state index in [9.17, 15) is 4.79 Å². The van der Waals surface area contributed by atoms with Crippen LogP contribution in [-0.2, 0) is 17.8 Å². The highest BCUT2D eigenvalue weighted by Crippen LogP contribution is 2.22. The Hall–Kier alpha value is -2.17. The summed E-state index contributed by atoms with van der Waals surface area (Å²) in [7, 11) is 0. The lowest BCUT2D eigenvalue weighted by Gasteiger charge is -2.14. The highest BCUT2D eigenvalue weighted by Gasteiger charge is 2.24. The molecule has 1 saturated heterocycles. The van der Waals surface area contributed by atoms with E-state index < -0.39 is 0 Å². The summed E-state index contributed by atoms with van der Waals surface area (Å²) < 4.78 is 2.01. The number of nitrogens with zero attached hydrogens (tertiary/aromatic N) is 4. The van der Waals surface area contributed by atoms with Crippen LogP contribution in [0.5, 0.6) is 0 Å². The zero-order valence-electron chi connectivity index (χ0n) is 13.9. The first kappa shape index (κ1) is 15.7. The molecule has 0 spiro atoms. The molecule has 3 heterocycles. The van der Waals surface area contributed by atoms with Gasteiger partial charge in [-0.25, -0.2) is 0 Å². The topological polar surface area (TPSA) is 51.0 Å². The predicted molar refractivity (Wildman–Crippen MR) is 89.8 cm³/mol. The molecule has 0 N–H and O–H groups in total. The SMILES string of the molecule is CCCn1nccc1-c1cccc(C[C@H]2CCN(C(C)=O)C2)n1. The molecular weight excluding hydrogens is 288 g/mol. The number of carbonyl (C=O) groups excluding carboxylic acids is 1. The summed E-state index contributed by atoms with van der Waals surface area (Å²) in [5, 5.41) is 4.38. The lowest BCUT2D eigenvalue weighted by Crippen LogP contribution is -2.26. The first-order valence-electron chi connectivity index (χ1n) is 8.41. The largest absolute Gasteiger partial charge is 0.343 e. The Morgan fingerprint density at radius 1 is 1.35 bits per heavy atom. The van der Waals surface area contributed by atoms with E-state index in [-0.39, 0.29) is 5.91 Å². The van der Waals surface area contributed by atoms with Crippen molar-refractivity contribution in [3.8, 4) is 11.4 Å². The fourth-order valence-corrected chi connectivity index (χ4v) is 3.26. The fourth-order valence-electron chi connectivity index (χ4n) is 3.26. The number of aryl methyl sites for hydroxylation is 1. The molecule has 0 radical (unpaired) electrons. The maximum atomic E-state index is 11.5. The maximum absolute atomic E-state index is 11.5. The third-order valence-electron chi connectivity index (χ3n) is 4.45. The second kappa shape index (κ2) is 6.94. The third kappa shape index (κ3) is 3.60. The van der Waals surface area contributed by atoms with Crippen molar-refractivity contribution in [3.63, 3.8) is 0 Å². The molecule has 1 fully saturated rings. The van der Waals surface area contributed by atoms with Crippen molar-refractivity contribution in [1.29, 1.82) is 0 Å². The minimum Gasteiger partial charge on any atom is -0.343 e. The molecule has 2 aromatic heterocycles. The Kier molecular flexibility index (Phi) is 4.74. The van der Waals surface area contributed by atoms with Crippen LogP contribution in [0, 0.1) is 5.92 Å². The summed E-state index contributed by atoms with van der Waals surface area (Å²) in [6.07, 6.45) is 4.89. The average molecular weight is 312 g/mol. The van der Waals surface area contributed by atoms with Gasteiger partial charge in [0, 0.05) is 38.4 Å². The van der Waals surface area contributed by atoms with E-state index >= 15 is 0 Å². The van der Waals surface area contributed by atoms with E-state index in [0.717, 1.165) is 56.0 Å². The van der Waals surface area contributed by atoms with Crippen LogP contribution in [0.25, 0.3) is 11.4 Å². The smallest absolute Gasteiger partial charge is 0.219 e. The highest BCUT2D eigenvalue weighted by molar-refractivity contribution is 5.73. The van der Waals surface area contributed by atoms with Gasteiger partial charge < -0.3 is 4.90 Å². The third-order valence-corrected chi connectivity index (χ3v) is 4.45. The lowest BCUT2D eigenvalue weighted by atomic mass is 10.0. The van der Waals surface area contributed by atoms with Gasteiger partial charge in [0.25, 0.3) is 0 Å². The normalized spacial score (nSPS) is 17.7. The van der Waals surface area contributed by atoms with Crippen LogP contribution in [0.3, 0.4) is 0 Å². The zero-order chi connectivity index (χ0) is 16.2. The van der Waals surface area contributed by atoms with Gasteiger partial charge in [-0.05, 0) is 43.4 Å². The number of aromatic nitrogens is 3. The van der Waals surface area contributed by atoms with Crippen molar-refractivity contribution < 1.29 is 4.79 Å². The van der Waals surface area contributed by atoms with Gasteiger partial charge in [-0.1, -0.05) is 13.0 Å². The van der Waals surface area contributed by atoms with Gasteiger partial charge in [-0.15, -0.1) is 0 Å². The minimum absolute atomic E-state index is 0.178. The van der Waals surface area contributed by atoms with Crippen molar-refractivity contribution in [2.75, 3.05) is 13.1 Å². The molecule has 23 heavy (non-hydrogen) atoms. The predicted octanol–water partition coefficient (Wildman–Crippen LogP) is 2.77. The molecular formula is C18H24N4O. The van der Waals surface area contributed by atoms with Gasteiger partial charge >= 0.3 is 0 Å². The minimum atomic E-state index is 0.178. The maximum Gasteiger partial charge on any atom is 0.219 e. The molecule has 5 heteroatoms. The molecule has 0 aliphatic carbocycles. The first-order valence-corrected chi connectivity index (χ1v) is 8.41. The summed E-state index contributed by atoms with van der Waals surface area (Å²) >= 11 is 0. The monoisotopic (exact) mass is 312 g/mol. The van der Waals surface area contributed by atoms with Crippen molar-refractivity contribution in [3.05, 3.63) is 36.2 Å². The molecule has 3 rings (SSSR count). The van der Waals surface area contributed by atoms with Crippen molar-refractivity contribution in [2.24, 2.45) is 5.92 Å². The van der Waals surface area contributed by atoms with E-state index in [0.29, 0.717) is 5.92 Å².